The number of carbonyl (C=O) groups excluding carboxylic acids is 2. The zero-order valence-corrected chi connectivity index (χ0v) is 12.3. The van der Waals surface area contributed by atoms with Gasteiger partial charge in [-0.25, -0.2) is 0 Å². The quantitative estimate of drug-likeness (QED) is 0.599. The number of halogens is 2. The van der Waals surface area contributed by atoms with E-state index >= 15 is 0 Å². The number of carbonyl (C=O) groups is 2. The van der Waals surface area contributed by atoms with E-state index in [2.05, 4.69) is 0 Å². The number of ketones is 1. The number of ether oxygens (including phenoxy) is 1. The maximum absolute atomic E-state index is 11.7. The molecule has 0 bridgehead atoms. The van der Waals surface area contributed by atoms with Crippen LogP contribution in [0.1, 0.15) is 13.3 Å². The molecule has 0 aromatic heterocycles. The van der Waals surface area contributed by atoms with Crippen LogP contribution in [0.5, 0.6) is 0 Å². The van der Waals surface area contributed by atoms with Gasteiger partial charge in [0.1, 0.15) is 6.42 Å². The summed E-state index contributed by atoms with van der Waals surface area (Å²) in [5, 5.41) is 0.875. The lowest BCUT2D eigenvalue weighted by Gasteiger charge is -2.18. The van der Waals surface area contributed by atoms with Crippen molar-refractivity contribution in [1.29, 1.82) is 0 Å². The Hall–Kier alpha value is -1.26. The number of hydrogen-bond donors (Lipinski definition) is 0. The topological polar surface area (TPSA) is 46.6 Å². The van der Waals surface area contributed by atoms with Crippen molar-refractivity contribution in [1.82, 2.24) is 0 Å². The van der Waals surface area contributed by atoms with E-state index in [9.17, 15) is 9.59 Å². The smallest absolute Gasteiger partial charge is 0.313 e. The van der Waals surface area contributed by atoms with Crippen molar-refractivity contribution in [3.63, 3.8) is 0 Å². The summed E-state index contributed by atoms with van der Waals surface area (Å²) in [5.74, 6) is -0.720. The van der Waals surface area contributed by atoms with Crippen molar-refractivity contribution in [3.05, 3.63) is 28.2 Å². The van der Waals surface area contributed by atoms with Gasteiger partial charge in [-0.05, 0) is 25.1 Å². The van der Waals surface area contributed by atoms with Crippen LogP contribution in [0, 0.1) is 0 Å². The van der Waals surface area contributed by atoms with Crippen molar-refractivity contribution in [3.8, 4) is 0 Å². The maximum atomic E-state index is 11.7. The van der Waals surface area contributed by atoms with Crippen LogP contribution in [0.3, 0.4) is 0 Å². The minimum Gasteiger partial charge on any atom is -0.466 e. The molecule has 1 aromatic carbocycles. The standard InChI is InChI=1S/C13H15Cl2NO3/c1-3-19-13(18)7-10(17)8-16(2)9-4-5-11(14)12(15)6-9/h4-6H,3,7-8H2,1-2H3. The number of rotatable bonds is 6. The summed E-state index contributed by atoms with van der Waals surface area (Å²) in [6, 6.07) is 5.08. The fraction of sp³-hybridized carbons (Fsp3) is 0.385. The van der Waals surface area contributed by atoms with Gasteiger partial charge in [0.2, 0.25) is 0 Å². The van der Waals surface area contributed by atoms with E-state index in [0.717, 1.165) is 5.69 Å². The summed E-state index contributed by atoms with van der Waals surface area (Å²) in [5.41, 5.74) is 0.756. The molecule has 0 saturated carbocycles. The van der Waals surface area contributed by atoms with Gasteiger partial charge in [-0.15, -0.1) is 0 Å². The van der Waals surface area contributed by atoms with Gasteiger partial charge in [0.25, 0.3) is 0 Å². The molecule has 104 valence electrons. The molecule has 6 heteroatoms. The first-order valence-electron chi connectivity index (χ1n) is 5.77. The van der Waals surface area contributed by atoms with E-state index in [0.29, 0.717) is 10.0 Å². The van der Waals surface area contributed by atoms with Gasteiger partial charge in [-0.3, -0.25) is 9.59 Å². The molecule has 0 spiro atoms. The Morgan fingerprint density at radius 2 is 1.95 bits per heavy atom. The van der Waals surface area contributed by atoms with Gasteiger partial charge in [0.15, 0.2) is 5.78 Å². The zero-order valence-electron chi connectivity index (χ0n) is 10.8. The molecule has 0 heterocycles. The second kappa shape index (κ2) is 7.36. The Kier molecular flexibility index (Phi) is 6.12. The SMILES string of the molecule is CCOC(=O)CC(=O)CN(C)c1ccc(Cl)c(Cl)c1. The second-order valence-electron chi connectivity index (χ2n) is 3.97. The predicted octanol–water partition coefficient (Wildman–Crippen LogP) is 2.95. The molecular formula is C13H15Cl2NO3. The second-order valence-corrected chi connectivity index (χ2v) is 4.79. The summed E-state index contributed by atoms with van der Waals surface area (Å²) >= 11 is 11.7. The van der Waals surface area contributed by atoms with E-state index in [-0.39, 0.29) is 25.4 Å². The van der Waals surface area contributed by atoms with E-state index in [1.165, 1.54) is 0 Å². The molecule has 0 fully saturated rings. The van der Waals surface area contributed by atoms with Gasteiger partial charge in [0, 0.05) is 12.7 Å². The van der Waals surface area contributed by atoms with Crippen LogP contribution in [-0.4, -0.2) is 32.0 Å². The van der Waals surface area contributed by atoms with E-state index in [4.69, 9.17) is 27.9 Å². The summed E-state index contributed by atoms with van der Waals surface area (Å²) < 4.78 is 4.72. The highest BCUT2D eigenvalue weighted by atomic mass is 35.5. The molecule has 0 atom stereocenters. The van der Waals surface area contributed by atoms with Crippen molar-refractivity contribution < 1.29 is 14.3 Å². The van der Waals surface area contributed by atoms with Crippen molar-refractivity contribution in [2.75, 3.05) is 25.1 Å². The van der Waals surface area contributed by atoms with Gasteiger partial charge in [-0.1, -0.05) is 23.2 Å². The van der Waals surface area contributed by atoms with Gasteiger partial charge in [-0.2, -0.15) is 0 Å². The average molecular weight is 304 g/mol. The van der Waals surface area contributed by atoms with Crippen LogP contribution in [0.2, 0.25) is 10.0 Å². The Bertz CT molecular complexity index is 477. The molecule has 0 radical (unpaired) electrons. The van der Waals surface area contributed by atoms with Gasteiger partial charge >= 0.3 is 5.97 Å². The van der Waals surface area contributed by atoms with Crippen LogP contribution >= 0.6 is 23.2 Å². The zero-order chi connectivity index (χ0) is 14.4. The fourth-order valence-corrected chi connectivity index (χ4v) is 1.80. The Morgan fingerprint density at radius 3 is 2.53 bits per heavy atom. The lowest BCUT2D eigenvalue weighted by molar-refractivity contribution is -0.145. The highest BCUT2D eigenvalue weighted by Crippen LogP contribution is 2.26. The van der Waals surface area contributed by atoms with E-state index < -0.39 is 5.97 Å². The van der Waals surface area contributed by atoms with Crippen LogP contribution in [0.15, 0.2) is 18.2 Å². The van der Waals surface area contributed by atoms with E-state index in [1.807, 2.05) is 0 Å². The molecular weight excluding hydrogens is 289 g/mol. The monoisotopic (exact) mass is 303 g/mol. The van der Waals surface area contributed by atoms with Crippen LogP contribution in [0.4, 0.5) is 5.69 Å². The number of hydrogen-bond acceptors (Lipinski definition) is 4. The lowest BCUT2D eigenvalue weighted by atomic mass is 10.2. The summed E-state index contributed by atoms with van der Waals surface area (Å²) in [6.45, 7) is 2.08. The molecule has 1 rings (SSSR count). The van der Waals surface area contributed by atoms with Crippen LogP contribution in [-0.2, 0) is 14.3 Å². The number of likely N-dealkylation sites (N-methyl/N-ethyl adjacent to an activating group) is 1. The largest absolute Gasteiger partial charge is 0.466 e. The molecule has 4 nitrogen and oxygen atoms in total. The summed E-state index contributed by atoms with van der Waals surface area (Å²) in [4.78, 5) is 24.5. The normalized spacial score (nSPS) is 10.1. The van der Waals surface area contributed by atoms with Gasteiger partial charge < -0.3 is 9.64 Å². The Labute approximate surface area is 122 Å². The number of Topliss-reactive ketones (excluding diaryl/α,β-unsaturated/α-hetero) is 1. The lowest BCUT2D eigenvalue weighted by Crippen LogP contribution is -2.27. The van der Waals surface area contributed by atoms with Crippen LogP contribution < -0.4 is 4.90 Å². The van der Waals surface area contributed by atoms with Crippen molar-refractivity contribution >= 4 is 40.6 Å². The molecule has 0 aliphatic carbocycles. The minimum atomic E-state index is -0.505. The van der Waals surface area contributed by atoms with Crippen molar-refractivity contribution in [2.45, 2.75) is 13.3 Å². The molecule has 0 amide bonds. The molecule has 1 aromatic rings. The first kappa shape index (κ1) is 15.8. The number of benzene rings is 1. The highest BCUT2D eigenvalue weighted by Gasteiger charge is 2.13. The molecule has 0 saturated heterocycles. The number of nitrogens with zero attached hydrogens (tertiary/aromatic N) is 1. The van der Waals surface area contributed by atoms with Gasteiger partial charge in [0.05, 0.1) is 23.2 Å². The Balaban J connectivity index is 2.58. The third-order valence-electron chi connectivity index (χ3n) is 2.40. The summed E-state index contributed by atoms with van der Waals surface area (Å²) in [7, 11) is 1.74. The maximum Gasteiger partial charge on any atom is 0.313 e. The number of esters is 1. The van der Waals surface area contributed by atoms with Crippen LogP contribution in [0.25, 0.3) is 0 Å². The Morgan fingerprint density at radius 1 is 1.26 bits per heavy atom. The molecule has 0 N–H and O–H groups in total. The summed E-state index contributed by atoms with van der Waals surface area (Å²) in [6.07, 6.45) is -0.223. The first-order valence-corrected chi connectivity index (χ1v) is 6.53. The third-order valence-corrected chi connectivity index (χ3v) is 3.14. The molecule has 0 aliphatic heterocycles. The van der Waals surface area contributed by atoms with E-state index in [1.54, 1.807) is 37.1 Å². The predicted molar refractivity (Wildman–Crippen MR) is 76.0 cm³/mol. The highest BCUT2D eigenvalue weighted by molar-refractivity contribution is 6.42. The average Bonchev–Trinajstić information content (AvgIpc) is 2.32. The number of anilines is 1. The minimum absolute atomic E-state index is 0.108. The third kappa shape index (κ3) is 5.09. The molecule has 19 heavy (non-hydrogen) atoms. The molecule has 0 unspecified atom stereocenters. The first-order chi connectivity index (χ1) is 8.93. The van der Waals surface area contributed by atoms with Crippen molar-refractivity contribution in [2.24, 2.45) is 0 Å². The molecule has 0 aliphatic rings. The fourth-order valence-electron chi connectivity index (χ4n) is 1.51.